The van der Waals surface area contributed by atoms with Crippen LogP contribution >= 0.6 is 0 Å². The molecule has 1 aromatic rings. The number of rotatable bonds is 6. The zero-order valence-corrected chi connectivity index (χ0v) is 11.6. The zero-order chi connectivity index (χ0) is 13.6. The van der Waals surface area contributed by atoms with Gasteiger partial charge in [0.1, 0.15) is 0 Å². The molecule has 0 saturated heterocycles. The van der Waals surface area contributed by atoms with Gasteiger partial charge in [-0.1, -0.05) is 37.6 Å². The third kappa shape index (κ3) is 5.82. The molecule has 1 aromatic carbocycles. The normalized spacial score (nSPS) is 11.2. The first-order chi connectivity index (χ1) is 8.40. The van der Waals surface area contributed by atoms with E-state index in [1.165, 1.54) is 5.56 Å². The maximum absolute atomic E-state index is 11.4. The molecular weight excluding hydrogens is 250 g/mol. The van der Waals surface area contributed by atoms with Crippen molar-refractivity contribution in [3.63, 3.8) is 0 Å². The van der Waals surface area contributed by atoms with Crippen molar-refractivity contribution in [1.29, 1.82) is 0 Å². The minimum absolute atomic E-state index is 0.0845. The number of hydrogen-bond donors (Lipinski definition) is 1. The molecule has 0 saturated carbocycles. The van der Waals surface area contributed by atoms with Crippen LogP contribution in [0.15, 0.2) is 24.3 Å². The topological polar surface area (TPSA) is 63.2 Å². The first kappa shape index (κ1) is 14.7. The molecular formula is C13H19NO3S. The second-order valence-corrected chi connectivity index (χ2v) is 6.14. The molecule has 0 aliphatic carbocycles. The summed E-state index contributed by atoms with van der Waals surface area (Å²) >= 11 is 0. The van der Waals surface area contributed by atoms with Crippen LogP contribution in [0.3, 0.4) is 0 Å². The van der Waals surface area contributed by atoms with Crippen molar-refractivity contribution >= 4 is 15.9 Å². The summed E-state index contributed by atoms with van der Waals surface area (Å²) in [6.45, 7) is 2.14. The Morgan fingerprint density at radius 3 is 2.22 bits per heavy atom. The van der Waals surface area contributed by atoms with Gasteiger partial charge in [0.15, 0.2) is 0 Å². The van der Waals surface area contributed by atoms with Gasteiger partial charge in [0.2, 0.25) is 15.9 Å². The Balaban J connectivity index is 2.55. The standard InChI is InChI=1S/C13H19NO3S/c1-3-4-5-11-6-8-12(9-7-11)10-13(15)14-18(2,16)17/h6-9H,3-5,10H2,1-2H3,(H,14,15). The molecule has 0 spiro atoms. The quantitative estimate of drug-likeness (QED) is 0.854. The Bertz CT molecular complexity index is 491. The molecule has 100 valence electrons. The van der Waals surface area contributed by atoms with Crippen LogP contribution in [-0.4, -0.2) is 20.6 Å². The van der Waals surface area contributed by atoms with E-state index in [0.717, 1.165) is 31.1 Å². The lowest BCUT2D eigenvalue weighted by Crippen LogP contribution is -2.30. The van der Waals surface area contributed by atoms with Gasteiger partial charge >= 0.3 is 0 Å². The highest BCUT2D eigenvalue weighted by Gasteiger charge is 2.08. The van der Waals surface area contributed by atoms with E-state index >= 15 is 0 Å². The van der Waals surface area contributed by atoms with Gasteiger partial charge in [-0.25, -0.2) is 8.42 Å². The fourth-order valence-corrected chi connectivity index (χ4v) is 2.12. The molecule has 0 atom stereocenters. The second kappa shape index (κ2) is 6.54. The molecule has 0 aliphatic heterocycles. The van der Waals surface area contributed by atoms with Crippen molar-refractivity contribution in [2.24, 2.45) is 0 Å². The van der Waals surface area contributed by atoms with Crippen LogP contribution < -0.4 is 4.72 Å². The second-order valence-electron chi connectivity index (χ2n) is 4.39. The summed E-state index contributed by atoms with van der Waals surface area (Å²) in [5, 5.41) is 0. The van der Waals surface area contributed by atoms with Crippen LogP contribution in [0, 0.1) is 0 Å². The van der Waals surface area contributed by atoms with Gasteiger partial charge in [-0.05, 0) is 24.0 Å². The summed E-state index contributed by atoms with van der Waals surface area (Å²) in [5.41, 5.74) is 2.06. The third-order valence-electron chi connectivity index (χ3n) is 2.51. The Labute approximate surface area is 108 Å². The van der Waals surface area contributed by atoms with Crippen LogP contribution in [-0.2, 0) is 27.7 Å². The van der Waals surface area contributed by atoms with Crippen LogP contribution in [0.5, 0.6) is 0 Å². The lowest BCUT2D eigenvalue weighted by molar-refractivity contribution is -0.118. The minimum atomic E-state index is -3.46. The summed E-state index contributed by atoms with van der Waals surface area (Å²) in [6, 6.07) is 7.71. The number of carbonyl (C=O) groups excluding carboxylic acids is 1. The van der Waals surface area contributed by atoms with Gasteiger partial charge in [0, 0.05) is 0 Å². The smallest absolute Gasteiger partial charge is 0.237 e. The van der Waals surface area contributed by atoms with Crippen LogP contribution in [0.2, 0.25) is 0 Å². The number of sulfonamides is 1. The predicted molar refractivity (Wildman–Crippen MR) is 71.7 cm³/mol. The number of hydrogen-bond acceptors (Lipinski definition) is 3. The summed E-state index contributed by atoms with van der Waals surface area (Å²) in [7, 11) is -3.46. The van der Waals surface area contributed by atoms with Gasteiger partial charge in [-0.2, -0.15) is 0 Å². The van der Waals surface area contributed by atoms with Gasteiger partial charge in [-0.15, -0.1) is 0 Å². The fourth-order valence-electron chi connectivity index (χ4n) is 1.63. The maximum Gasteiger partial charge on any atom is 0.237 e. The van der Waals surface area contributed by atoms with E-state index in [1.54, 1.807) is 0 Å². The van der Waals surface area contributed by atoms with Crippen molar-refractivity contribution in [3.8, 4) is 0 Å². The fraction of sp³-hybridized carbons (Fsp3) is 0.462. The van der Waals surface area contributed by atoms with Gasteiger partial charge in [0.05, 0.1) is 12.7 Å². The Morgan fingerprint density at radius 2 is 1.72 bits per heavy atom. The molecule has 5 heteroatoms. The Hall–Kier alpha value is -1.36. The van der Waals surface area contributed by atoms with E-state index in [1.807, 2.05) is 29.0 Å². The number of amides is 1. The van der Waals surface area contributed by atoms with E-state index in [0.29, 0.717) is 0 Å². The summed E-state index contributed by atoms with van der Waals surface area (Å²) in [5.74, 6) is -0.501. The van der Waals surface area contributed by atoms with Crippen LogP contribution in [0.4, 0.5) is 0 Å². The largest absolute Gasteiger partial charge is 0.274 e. The average Bonchev–Trinajstić information content (AvgIpc) is 2.25. The van der Waals surface area contributed by atoms with E-state index in [9.17, 15) is 13.2 Å². The van der Waals surface area contributed by atoms with Crippen LogP contribution in [0.1, 0.15) is 30.9 Å². The molecule has 18 heavy (non-hydrogen) atoms. The molecule has 4 nitrogen and oxygen atoms in total. The molecule has 0 aliphatic rings. The summed E-state index contributed by atoms with van der Waals surface area (Å²) < 4.78 is 23.7. The predicted octanol–water partition coefficient (Wildman–Crippen LogP) is 1.65. The summed E-state index contributed by atoms with van der Waals surface area (Å²) in [6.07, 6.45) is 4.39. The lowest BCUT2D eigenvalue weighted by Gasteiger charge is -2.04. The highest BCUT2D eigenvalue weighted by Crippen LogP contribution is 2.08. The molecule has 0 bridgehead atoms. The van der Waals surface area contributed by atoms with E-state index in [4.69, 9.17) is 0 Å². The molecule has 0 heterocycles. The Morgan fingerprint density at radius 1 is 1.17 bits per heavy atom. The number of unbranched alkanes of at least 4 members (excludes halogenated alkanes) is 1. The average molecular weight is 269 g/mol. The molecule has 1 rings (SSSR count). The molecule has 1 N–H and O–H groups in total. The molecule has 0 aromatic heterocycles. The van der Waals surface area contributed by atoms with E-state index in [-0.39, 0.29) is 6.42 Å². The number of aryl methyl sites for hydroxylation is 1. The van der Waals surface area contributed by atoms with Crippen molar-refractivity contribution in [2.75, 3.05) is 6.26 Å². The summed E-state index contributed by atoms with van der Waals surface area (Å²) in [4.78, 5) is 11.4. The highest BCUT2D eigenvalue weighted by molar-refractivity contribution is 7.89. The number of carbonyl (C=O) groups is 1. The monoisotopic (exact) mass is 269 g/mol. The van der Waals surface area contributed by atoms with Gasteiger partial charge < -0.3 is 0 Å². The first-order valence-electron chi connectivity index (χ1n) is 5.99. The molecule has 0 radical (unpaired) electrons. The number of nitrogens with one attached hydrogen (secondary N) is 1. The highest BCUT2D eigenvalue weighted by atomic mass is 32.2. The van der Waals surface area contributed by atoms with Gasteiger partial charge in [0.25, 0.3) is 0 Å². The maximum atomic E-state index is 11.4. The van der Waals surface area contributed by atoms with Crippen molar-refractivity contribution in [3.05, 3.63) is 35.4 Å². The van der Waals surface area contributed by atoms with E-state index in [2.05, 4.69) is 6.92 Å². The molecule has 1 amide bonds. The third-order valence-corrected chi connectivity index (χ3v) is 3.10. The van der Waals surface area contributed by atoms with E-state index < -0.39 is 15.9 Å². The first-order valence-corrected chi connectivity index (χ1v) is 7.88. The minimum Gasteiger partial charge on any atom is -0.274 e. The van der Waals surface area contributed by atoms with Crippen molar-refractivity contribution < 1.29 is 13.2 Å². The van der Waals surface area contributed by atoms with Crippen molar-refractivity contribution in [1.82, 2.24) is 4.72 Å². The molecule has 0 unspecified atom stereocenters. The van der Waals surface area contributed by atoms with Crippen LogP contribution in [0.25, 0.3) is 0 Å². The van der Waals surface area contributed by atoms with Crippen molar-refractivity contribution in [2.45, 2.75) is 32.6 Å². The Kier molecular flexibility index (Phi) is 5.34. The SMILES string of the molecule is CCCCc1ccc(CC(=O)NS(C)(=O)=O)cc1. The number of benzene rings is 1. The molecule has 0 fully saturated rings. The van der Waals surface area contributed by atoms with Gasteiger partial charge in [-0.3, -0.25) is 9.52 Å². The lowest BCUT2D eigenvalue weighted by atomic mass is 10.0. The zero-order valence-electron chi connectivity index (χ0n) is 10.8.